The lowest BCUT2D eigenvalue weighted by atomic mass is 9.71. The van der Waals surface area contributed by atoms with Gasteiger partial charge in [0.25, 0.3) is 0 Å². The zero-order valence-corrected chi connectivity index (χ0v) is 37.7. The quantitative estimate of drug-likeness (QED) is 0.152. The Kier molecular flexibility index (Phi) is 9.17. The van der Waals surface area contributed by atoms with Crippen molar-refractivity contribution < 1.29 is 9.15 Å². The summed E-state index contributed by atoms with van der Waals surface area (Å²) in [4.78, 5) is 5.04. The van der Waals surface area contributed by atoms with E-state index in [0.717, 1.165) is 74.7 Å². The molecular formula is C61H52N2O2. The van der Waals surface area contributed by atoms with E-state index in [1.165, 1.54) is 49.7 Å². The maximum atomic E-state index is 6.92. The van der Waals surface area contributed by atoms with Gasteiger partial charge in [0.1, 0.15) is 17.1 Å². The fourth-order valence-electron chi connectivity index (χ4n) is 11.1. The van der Waals surface area contributed by atoms with E-state index in [2.05, 4.69) is 226 Å². The van der Waals surface area contributed by atoms with E-state index in [9.17, 15) is 0 Å². The van der Waals surface area contributed by atoms with Crippen molar-refractivity contribution in [2.24, 2.45) is 0 Å². The Hall–Kier alpha value is -7.30. The molecule has 318 valence electrons. The fourth-order valence-corrected chi connectivity index (χ4v) is 11.1. The lowest BCUT2D eigenvalue weighted by molar-refractivity contribution is 0.398. The number of allylic oxidation sites excluding steroid dienone is 3. The Morgan fingerprint density at radius 2 is 1.23 bits per heavy atom. The highest BCUT2D eigenvalue weighted by molar-refractivity contribution is 6.12. The van der Waals surface area contributed by atoms with E-state index >= 15 is 0 Å². The van der Waals surface area contributed by atoms with Crippen molar-refractivity contribution >= 4 is 55.5 Å². The average molecular weight is 845 g/mol. The summed E-state index contributed by atoms with van der Waals surface area (Å²) >= 11 is 0. The molecule has 0 saturated heterocycles. The van der Waals surface area contributed by atoms with Gasteiger partial charge in [0.2, 0.25) is 0 Å². The van der Waals surface area contributed by atoms with Crippen LogP contribution in [-0.4, -0.2) is 0 Å². The second-order valence-electron chi connectivity index (χ2n) is 19.0. The van der Waals surface area contributed by atoms with Crippen molar-refractivity contribution in [3.63, 3.8) is 0 Å². The molecule has 2 heterocycles. The highest BCUT2D eigenvalue weighted by atomic mass is 16.5. The van der Waals surface area contributed by atoms with Crippen LogP contribution in [0.4, 0.5) is 22.7 Å². The van der Waals surface area contributed by atoms with Crippen molar-refractivity contribution in [2.45, 2.75) is 70.8 Å². The molecule has 8 aromatic carbocycles. The summed E-state index contributed by atoms with van der Waals surface area (Å²) in [6.07, 6.45) is 6.36. The van der Waals surface area contributed by atoms with Crippen molar-refractivity contribution in [3.8, 4) is 16.9 Å². The molecular weight excluding hydrogens is 793 g/mol. The highest BCUT2D eigenvalue weighted by Crippen LogP contribution is 2.55. The minimum absolute atomic E-state index is 0.165. The van der Waals surface area contributed by atoms with Gasteiger partial charge in [-0.2, -0.15) is 0 Å². The Balaban J connectivity index is 1.10. The Bertz CT molecular complexity index is 3390. The van der Waals surface area contributed by atoms with Crippen molar-refractivity contribution in [2.75, 3.05) is 9.80 Å². The predicted octanol–water partition coefficient (Wildman–Crippen LogP) is 16.7. The van der Waals surface area contributed by atoms with Gasteiger partial charge in [-0.05, 0) is 119 Å². The second-order valence-corrected chi connectivity index (χ2v) is 19.0. The van der Waals surface area contributed by atoms with Gasteiger partial charge in [0, 0.05) is 39.5 Å². The van der Waals surface area contributed by atoms with E-state index in [1.54, 1.807) is 0 Å². The number of fused-ring (bicyclic) bond motifs is 11. The molecule has 2 aliphatic carbocycles. The molecule has 4 heteroatoms. The van der Waals surface area contributed by atoms with Crippen molar-refractivity contribution in [1.29, 1.82) is 0 Å². The Labute approximate surface area is 381 Å². The van der Waals surface area contributed by atoms with Crippen LogP contribution in [0.15, 0.2) is 198 Å². The largest absolute Gasteiger partial charge is 0.459 e. The molecule has 4 nitrogen and oxygen atoms in total. The second kappa shape index (κ2) is 15.2. The van der Waals surface area contributed by atoms with Gasteiger partial charge in [-0.15, -0.1) is 0 Å². The molecule has 0 radical (unpaired) electrons. The van der Waals surface area contributed by atoms with E-state index in [-0.39, 0.29) is 5.92 Å². The number of rotatable bonds is 8. The lowest BCUT2D eigenvalue weighted by Gasteiger charge is -2.48. The molecule has 0 bridgehead atoms. The maximum Gasteiger partial charge on any atom is 0.159 e. The van der Waals surface area contributed by atoms with Crippen LogP contribution >= 0.6 is 0 Å². The van der Waals surface area contributed by atoms with Crippen LogP contribution in [0.3, 0.4) is 0 Å². The third-order valence-electron chi connectivity index (χ3n) is 14.4. The molecule has 65 heavy (non-hydrogen) atoms. The summed E-state index contributed by atoms with van der Waals surface area (Å²) in [6, 6.07) is 62.5. The molecule has 0 saturated carbocycles. The molecule has 1 aromatic heterocycles. The van der Waals surface area contributed by atoms with Crippen LogP contribution in [0.25, 0.3) is 43.8 Å². The summed E-state index contributed by atoms with van der Waals surface area (Å²) in [5, 5.41) is 4.66. The van der Waals surface area contributed by atoms with E-state index in [0.29, 0.717) is 11.8 Å². The SMILES string of the molecule is CC(C)c1ccc(N(c2cc3c(c4ccccc24)CC(C)(N(C2=C4Oc5ccccc5C4CC=C2)c2ccc(C(C)C)cc2)c2ccccc2-3)c2cccc3c2oc2ccccc23)cc1. The first-order chi connectivity index (χ1) is 31.8. The van der Waals surface area contributed by atoms with Crippen LogP contribution < -0.4 is 14.5 Å². The first-order valence-electron chi connectivity index (χ1n) is 23.3. The van der Waals surface area contributed by atoms with E-state index in [4.69, 9.17) is 9.15 Å². The van der Waals surface area contributed by atoms with Crippen molar-refractivity contribution in [3.05, 3.63) is 221 Å². The Morgan fingerprint density at radius 1 is 0.585 bits per heavy atom. The number of anilines is 4. The minimum atomic E-state index is -0.508. The number of hydrogen-bond donors (Lipinski definition) is 0. The van der Waals surface area contributed by atoms with Gasteiger partial charge in [-0.25, -0.2) is 0 Å². The summed E-state index contributed by atoms with van der Waals surface area (Å²) in [5.41, 5.74) is 15.7. The average Bonchev–Trinajstić information content (AvgIpc) is 3.92. The minimum Gasteiger partial charge on any atom is -0.459 e. The monoisotopic (exact) mass is 844 g/mol. The first kappa shape index (κ1) is 39.3. The van der Waals surface area contributed by atoms with Crippen LogP contribution in [0, 0.1) is 0 Å². The summed E-state index contributed by atoms with van der Waals surface area (Å²) in [7, 11) is 0. The van der Waals surface area contributed by atoms with Gasteiger partial charge in [0.05, 0.1) is 28.5 Å². The molecule has 2 unspecified atom stereocenters. The van der Waals surface area contributed by atoms with Gasteiger partial charge in [0.15, 0.2) is 5.58 Å². The lowest BCUT2D eigenvalue weighted by Crippen LogP contribution is -2.47. The molecule has 0 fully saturated rings. The third kappa shape index (κ3) is 6.18. The first-order valence-corrected chi connectivity index (χ1v) is 23.3. The normalized spacial score (nSPS) is 17.4. The maximum absolute atomic E-state index is 6.92. The van der Waals surface area contributed by atoms with Gasteiger partial charge >= 0.3 is 0 Å². The third-order valence-corrected chi connectivity index (χ3v) is 14.4. The number of para-hydroxylation sites is 3. The molecule has 0 spiro atoms. The molecule has 0 N–H and O–H groups in total. The zero-order valence-electron chi connectivity index (χ0n) is 37.7. The molecule has 2 atom stereocenters. The van der Waals surface area contributed by atoms with E-state index in [1.807, 2.05) is 0 Å². The number of hydrogen-bond acceptors (Lipinski definition) is 4. The topological polar surface area (TPSA) is 28.9 Å². The molecule has 1 aliphatic heterocycles. The zero-order chi connectivity index (χ0) is 44.0. The summed E-state index contributed by atoms with van der Waals surface area (Å²) in [6.45, 7) is 11.5. The number of nitrogens with zero attached hydrogens (tertiary/aromatic N) is 2. The molecule has 12 rings (SSSR count). The van der Waals surface area contributed by atoms with Crippen LogP contribution in [0.2, 0.25) is 0 Å². The molecule has 3 aliphatic rings. The summed E-state index contributed by atoms with van der Waals surface area (Å²) < 4.78 is 13.7. The molecule has 9 aromatic rings. The summed E-state index contributed by atoms with van der Waals surface area (Å²) in [5.74, 6) is 3.00. The van der Waals surface area contributed by atoms with Gasteiger partial charge < -0.3 is 19.0 Å². The van der Waals surface area contributed by atoms with Crippen LogP contribution in [-0.2, 0) is 12.0 Å². The van der Waals surface area contributed by atoms with Crippen molar-refractivity contribution in [1.82, 2.24) is 0 Å². The smallest absolute Gasteiger partial charge is 0.159 e. The fraction of sp³-hybridized carbons (Fsp3) is 0.180. The molecule has 0 amide bonds. The number of furan rings is 1. The van der Waals surface area contributed by atoms with Crippen LogP contribution in [0.1, 0.15) is 86.6 Å². The van der Waals surface area contributed by atoms with Gasteiger partial charge in [-0.3, -0.25) is 0 Å². The predicted molar refractivity (Wildman–Crippen MR) is 270 cm³/mol. The number of ether oxygens (including phenoxy) is 1. The number of benzene rings is 8. The van der Waals surface area contributed by atoms with Gasteiger partial charge in [-0.1, -0.05) is 155 Å². The highest BCUT2D eigenvalue weighted by Gasteiger charge is 2.45. The standard InChI is InChI=1S/C61H52N2O2/c1-38(2)40-28-32-42(33-29-40)62(54-24-14-21-49-47-19-9-12-26-57(47)64-59(49)54)56-36-51-45-17-8-11-23-53(45)61(5,37-52(51)44-16-6-7-18-46(44)56)63(43-34-30-41(31-35-43)39(3)4)55-25-15-22-50-48-20-10-13-27-58(48)65-60(50)55/h6-21,23-36,38-39,50H,22,37H2,1-5H3. The van der Waals surface area contributed by atoms with Crippen LogP contribution in [0.5, 0.6) is 5.75 Å². The van der Waals surface area contributed by atoms with E-state index < -0.39 is 5.54 Å². The Morgan fingerprint density at radius 3 is 2.00 bits per heavy atom.